The molecule has 5 nitrogen and oxygen atoms in total. The molecule has 1 amide bonds. The van der Waals surface area contributed by atoms with Crippen molar-refractivity contribution in [3.05, 3.63) is 24.0 Å². The maximum Gasteiger partial charge on any atom is 0.212 e. The van der Waals surface area contributed by atoms with Crippen molar-refractivity contribution in [2.24, 2.45) is 0 Å². The summed E-state index contributed by atoms with van der Waals surface area (Å²) >= 11 is 0. The lowest BCUT2D eigenvalue weighted by atomic mass is 10.3. The zero-order valence-corrected chi connectivity index (χ0v) is 8.05. The van der Waals surface area contributed by atoms with Crippen LogP contribution in [0.5, 0.6) is 0 Å². The summed E-state index contributed by atoms with van der Waals surface area (Å²) in [7, 11) is 0. The van der Waals surface area contributed by atoms with Gasteiger partial charge in [0.2, 0.25) is 6.41 Å². The van der Waals surface area contributed by atoms with Gasteiger partial charge in [0.1, 0.15) is 5.82 Å². The number of nitrogens with one attached hydrogen (secondary N) is 1. The van der Waals surface area contributed by atoms with Gasteiger partial charge in [-0.1, -0.05) is 0 Å². The first-order valence-corrected chi connectivity index (χ1v) is 4.93. The van der Waals surface area contributed by atoms with Crippen LogP contribution in [0, 0.1) is 0 Å². The number of aromatic nitrogens is 3. The van der Waals surface area contributed by atoms with E-state index in [1.165, 1.54) is 12.8 Å². The highest BCUT2D eigenvalue weighted by atomic mass is 16.1. The third-order valence-corrected chi connectivity index (χ3v) is 2.58. The van der Waals surface area contributed by atoms with Gasteiger partial charge in [-0.05, 0) is 18.9 Å². The molecule has 0 bridgehead atoms. The smallest absolute Gasteiger partial charge is 0.212 e. The molecule has 15 heavy (non-hydrogen) atoms. The third kappa shape index (κ3) is 1.36. The lowest BCUT2D eigenvalue weighted by Gasteiger charge is -2.00. The maximum atomic E-state index is 10.4. The molecule has 1 fully saturated rings. The van der Waals surface area contributed by atoms with Gasteiger partial charge in [0.25, 0.3) is 0 Å². The van der Waals surface area contributed by atoms with Crippen LogP contribution >= 0.6 is 0 Å². The molecule has 5 heteroatoms. The molecule has 1 aliphatic rings. The van der Waals surface area contributed by atoms with Crippen LogP contribution in [0.25, 0.3) is 5.65 Å². The minimum atomic E-state index is 0.593. The normalized spacial score (nSPS) is 15.5. The van der Waals surface area contributed by atoms with Crippen LogP contribution in [0.15, 0.2) is 18.3 Å². The molecule has 1 saturated carbocycles. The van der Waals surface area contributed by atoms with Crippen LogP contribution in [0.2, 0.25) is 0 Å². The quantitative estimate of drug-likeness (QED) is 0.760. The number of anilines is 1. The largest absolute Gasteiger partial charge is 0.313 e. The number of carbonyl (C=O) groups is 1. The minimum absolute atomic E-state index is 0.593. The number of nitrogens with zero attached hydrogens (tertiary/aromatic N) is 3. The van der Waals surface area contributed by atoms with Crippen LogP contribution in [0.4, 0.5) is 5.82 Å². The SMILES string of the molecule is O=CNc1ccnc2cc(C3CC3)nn12. The Labute approximate surface area is 86.1 Å². The Kier molecular flexibility index (Phi) is 1.71. The van der Waals surface area contributed by atoms with Gasteiger partial charge in [0.15, 0.2) is 5.65 Å². The second-order valence-electron chi connectivity index (χ2n) is 3.71. The zero-order chi connectivity index (χ0) is 10.3. The fourth-order valence-electron chi connectivity index (χ4n) is 1.66. The van der Waals surface area contributed by atoms with E-state index < -0.39 is 0 Å². The number of hydrogen-bond acceptors (Lipinski definition) is 3. The minimum Gasteiger partial charge on any atom is -0.313 e. The van der Waals surface area contributed by atoms with Gasteiger partial charge < -0.3 is 5.32 Å². The number of fused-ring (bicyclic) bond motifs is 1. The van der Waals surface area contributed by atoms with E-state index in [1.54, 1.807) is 16.8 Å². The van der Waals surface area contributed by atoms with Gasteiger partial charge in [-0.25, -0.2) is 4.98 Å². The molecule has 0 unspecified atom stereocenters. The van der Waals surface area contributed by atoms with Gasteiger partial charge in [0, 0.05) is 18.2 Å². The zero-order valence-electron chi connectivity index (χ0n) is 8.05. The highest BCUT2D eigenvalue weighted by Crippen LogP contribution is 2.39. The molecule has 0 aliphatic heterocycles. The van der Waals surface area contributed by atoms with E-state index in [0.29, 0.717) is 18.1 Å². The molecule has 0 radical (unpaired) electrons. The van der Waals surface area contributed by atoms with E-state index in [4.69, 9.17) is 0 Å². The molecule has 0 aromatic carbocycles. The average molecular weight is 202 g/mol. The van der Waals surface area contributed by atoms with Crippen LogP contribution in [0.3, 0.4) is 0 Å². The van der Waals surface area contributed by atoms with Crippen molar-refractivity contribution in [2.45, 2.75) is 18.8 Å². The van der Waals surface area contributed by atoms with Crippen molar-refractivity contribution in [3.63, 3.8) is 0 Å². The lowest BCUT2D eigenvalue weighted by molar-refractivity contribution is -0.105. The summed E-state index contributed by atoms with van der Waals surface area (Å²) < 4.78 is 1.67. The number of rotatable bonds is 3. The highest BCUT2D eigenvalue weighted by Gasteiger charge is 2.26. The van der Waals surface area contributed by atoms with Crippen LogP contribution in [-0.2, 0) is 4.79 Å². The topological polar surface area (TPSA) is 59.3 Å². The molecule has 2 aromatic heterocycles. The Bertz CT molecular complexity index is 515. The Hall–Kier alpha value is -1.91. The van der Waals surface area contributed by atoms with Crippen molar-refractivity contribution in [1.82, 2.24) is 14.6 Å². The van der Waals surface area contributed by atoms with Crippen molar-refractivity contribution in [2.75, 3.05) is 5.32 Å². The second kappa shape index (κ2) is 3.05. The van der Waals surface area contributed by atoms with Crippen LogP contribution < -0.4 is 5.32 Å². The summed E-state index contributed by atoms with van der Waals surface area (Å²) in [5, 5.41) is 7.03. The Balaban J connectivity index is 2.14. The van der Waals surface area contributed by atoms with Crippen molar-refractivity contribution in [1.29, 1.82) is 0 Å². The monoisotopic (exact) mass is 202 g/mol. The number of hydrogen-bond donors (Lipinski definition) is 1. The predicted octanol–water partition coefficient (Wildman–Crippen LogP) is 1.17. The summed E-state index contributed by atoms with van der Waals surface area (Å²) in [4.78, 5) is 14.6. The summed E-state index contributed by atoms with van der Waals surface area (Å²) in [5.41, 5.74) is 1.85. The van der Waals surface area contributed by atoms with Crippen LogP contribution in [-0.4, -0.2) is 21.0 Å². The van der Waals surface area contributed by atoms with Crippen molar-refractivity contribution >= 4 is 17.9 Å². The van der Waals surface area contributed by atoms with Gasteiger partial charge in [-0.3, -0.25) is 4.79 Å². The van der Waals surface area contributed by atoms with E-state index in [-0.39, 0.29) is 0 Å². The second-order valence-corrected chi connectivity index (χ2v) is 3.71. The Morgan fingerprint density at radius 1 is 1.53 bits per heavy atom. The highest BCUT2D eigenvalue weighted by molar-refractivity contribution is 5.70. The average Bonchev–Trinajstić information content (AvgIpc) is 2.99. The number of carbonyl (C=O) groups excluding carboxylic acids is 1. The molecule has 76 valence electrons. The van der Waals surface area contributed by atoms with Gasteiger partial charge in [-0.15, -0.1) is 0 Å². The molecule has 2 aromatic rings. The molecule has 0 atom stereocenters. The molecule has 3 rings (SSSR count). The van der Waals surface area contributed by atoms with E-state index in [2.05, 4.69) is 15.4 Å². The summed E-state index contributed by atoms with van der Waals surface area (Å²) in [6, 6.07) is 3.71. The summed E-state index contributed by atoms with van der Waals surface area (Å²) in [5.74, 6) is 1.25. The van der Waals surface area contributed by atoms with Gasteiger partial charge in [-0.2, -0.15) is 9.61 Å². The van der Waals surface area contributed by atoms with Gasteiger partial charge >= 0.3 is 0 Å². The first-order valence-electron chi connectivity index (χ1n) is 4.93. The fourth-order valence-corrected chi connectivity index (χ4v) is 1.66. The first-order chi connectivity index (χ1) is 7.38. The van der Waals surface area contributed by atoms with Crippen molar-refractivity contribution in [3.8, 4) is 0 Å². The number of amides is 1. The van der Waals surface area contributed by atoms with E-state index in [9.17, 15) is 4.79 Å². The predicted molar refractivity (Wildman–Crippen MR) is 54.6 cm³/mol. The maximum absolute atomic E-state index is 10.4. The van der Waals surface area contributed by atoms with Crippen molar-refractivity contribution < 1.29 is 4.79 Å². The lowest BCUT2D eigenvalue weighted by Crippen LogP contribution is -2.02. The molecule has 0 spiro atoms. The summed E-state index contributed by atoms with van der Waals surface area (Å²) in [6.07, 6.45) is 4.73. The molecule has 1 aliphatic carbocycles. The summed E-state index contributed by atoms with van der Waals surface area (Å²) in [6.45, 7) is 0. The Morgan fingerprint density at radius 2 is 2.40 bits per heavy atom. The van der Waals surface area contributed by atoms with E-state index >= 15 is 0 Å². The molecule has 2 heterocycles. The molecular weight excluding hydrogens is 192 g/mol. The third-order valence-electron chi connectivity index (χ3n) is 2.58. The molecule has 1 N–H and O–H groups in total. The van der Waals surface area contributed by atoms with Gasteiger partial charge in [0.05, 0.1) is 5.69 Å². The van der Waals surface area contributed by atoms with Crippen LogP contribution in [0.1, 0.15) is 24.5 Å². The van der Waals surface area contributed by atoms with E-state index in [0.717, 1.165) is 11.3 Å². The Morgan fingerprint density at radius 3 is 3.13 bits per heavy atom. The standard InChI is InChI=1S/C10H10N4O/c15-6-12-9-3-4-11-10-5-8(7-1-2-7)13-14(9)10/h3-7H,1-2H2,(H,12,15). The molecular formula is C10H10N4O. The molecule has 0 saturated heterocycles. The fraction of sp³-hybridized carbons (Fsp3) is 0.300. The van der Waals surface area contributed by atoms with E-state index in [1.807, 2.05) is 6.07 Å². The first kappa shape index (κ1) is 8.40.